The normalized spacial score (nSPS) is 16.9. The lowest BCUT2D eigenvalue weighted by atomic mass is 9.84. The maximum atomic E-state index is 13.5. The summed E-state index contributed by atoms with van der Waals surface area (Å²) in [5.74, 6) is -6.24. The number of ketones is 1. The van der Waals surface area contributed by atoms with Gasteiger partial charge in [0.2, 0.25) is 5.91 Å². The second-order valence-electron chi connectivity index (χ2n) is 9.27. The summed E-state index contributed by atoms with van der Waals surface area (Å²) >= 11 is 0. The molecular weight excluding hydrogens is 583 g/mol. The summed E-state index contributed by atoms with van der Waals surface area (Å²) in [5.41, 5.74) is 12.3. The number of nitrogens with one attached hydrogen (secondary N) is 3. The molecule has 0 aromatic heterocycles. The first kappa shape index (κ1) is 36.4. The minimum absolute atomic E-state index is 0.0126. The Hall–Kier alpha value is -4.58. The topological polar surface area (TPSA) is 249 Å². The van der Waals surface area contributed by atoms with Crippen molar-refractivity contribution in [1.82, 2.24) is 20.7 Å². The summed E-state index contributed by atoms with van der Waals surface area (Å²) in [5, 5.41) is 27.8. The number of carbonyl (C=O) groups is 6. The van der Waals surface area contributed by atoms with Crippen molar-refractivity contribution < 1.29 is 52.2 Å². The van der Waals surface area contributed by atoms with Crippen molar-refractivity contribution in [3.8, 4) is 0 Å². The van der Waals surface area contributed by atoms with Gasteiger partial charge in [0.1, 0.15) is 12.4 Å². The summed E-state index contributed by atoms with van der Waals surface area (Å²) in [7, 11) is 0. The summed E-state index contributed by atoms with van der Waals surface area (Å²) in [6.07, 6.45) is -4.14. The van der Waals surface area contributed by atoms with Gasteiger partial charge < -0.3 is 31.9 Å². The number of piperazine rings is 1. The van der Waals surface area contributed by atoms with Gasteiger partial charge in [-0.25, -0.2) is 4.79 Å². The van der Waals surface area contributed by atoms with E-state index in [0.29, 0.717) is 18.5 Å². The van der Waals surface area contributed by atoms with Gasteiger partial charge in [-0.1, -0.05) is 12.1 Å². The van der Waals surface area contributed by atoms with E-state index in [1.165, 1.54) is 36.2 Å². The highest BCUT2D eigenvalue weighted by molar-refractivity contribution is 6.11. The maximum Gasteiger partial charge on any atom is 0.490 e. The molecule has 1 fully saturated rings. The van der Waals surface area contributed by atoms with Gasteiger partial charge in [0, 0.05) is 37.2 Å². The molecule has 3 amide bonds. The Bertz CT molecular complexity index is 1210. The van der Waals surface area contributed by atoms with Crippen molar-refractivity contribution >= 4 is 41.3 Å². The summed E-state index contributed by atoms with van der Waals surface area (Å²) < 4.78 is 31.7. The van der Waals surface area contributed by atoms with Gasteiger partial charge in [0.05, 0.1) is 0 Å². The van der Waals surface area contributed by atoms with Crippen LogP contribution in [0.1, 0.15) is 48.5 Å². The molecule has 9 N–H and O–H groups in total. The molecule has 18 heteroatoms. The van der Waals surface area contributed by atoms with Crippen LogP contribution in [0, 0.1) is 5.41 Å². The maximum absolute atomic E-state index is 13.5. The van der Waals surface area contributed by atoms with Crippen LogP contribution in [0.3, 0.4) is 0 Å². The van der Waals surface area contributed by atoms with Crippen LogP contribution in [0.15, 0.2) is 24.3 Å². The zero-order valence-electron chi connectivity index (χ0n) is 23.2. The number of rotatable bonds is 13. The average molecular weight is 618 g/mol. The number of amides is 3. The number of Topliss-reactive ketones (excluding diaryl/α,β-unsaturated/α-hetero) is 1. The molecule has 0 radical (unpaired) electrons. The Morgan fingerprint density at radius 1 is 1.05 bits per heavy atom. The van der Waals surface area contributed by atoms with Gasteiger partial charge in [-0.05, 0) is 44.9 Å². The molecule has 1 saturated heterocycles. The SMILES string of the molecule is CC(=O)[C@@]1(CCCNC(=O)CCCN)C(=O)N(CC(=O)O)CCN1NC(=O)c1ccc(C(=N)N)cc1.O=C(O)C(F)(F)F. The van der Waals surface area contributed by atoms with Crippen LogP contribution >= 0.6 is 0 Å². The molecule has 0 bridgehead atoms. The van der Waals surface area contributed by atoms with E-state index in [4.69, 9.17) is 26.8 Å². The Labute approximate surface area is 243 Å². The van der Waals surface area contributed by atoms with E-state index in [-0.39, 0.29) is 56.2 Å². The van der Waals surface area contributed by atoms with Crippen molar-refractivity contribution in [2.24, 2.45) is 11.5 Å². The quantitative estimate of drug-likeness (QED) is 0.0639. The number of nitrogen functional groups attached to an aromatic ring is 1. The summed E-state index contributed by atoms with van der Waals surface area (Å²) in [4.78, 5) is 72.5. The number of nitrogens with zero attached hydrogens (tertiary/aromatic N) is 2. The van der Waals surface area contributed by atoms with E-state index < -0.39 is 47.8 Å². The number of benzene rings is 1. The zero-order valence-corrected chi connectivity index (χ0v) is 23.2. The third-order valence-corrected chi connectivity index (χ3v) is 6.19. The van der Waals surface area contributed by atoms with E-state index in [2.05, 4.69) is 10.7 Å². The first-order valence-electron chi connectivity index (χ1n) is 12.8. The van der Waals surface area contributed by atoms with Crippen molar-refractivity contribution in [3.05, 3.63) is 35.4 Å². The van der Waals surface area contributed by atoms with Crippen molar-refractivity contribution in [1.29, 1.82) is 5.41 Å². The molecule has 0 unspecified atom stereocenters. The summed E-state index contributed by atoms with van der Waals surface area (Å²) in [6.45, 7) is 1.18. The highest BCUT2D eigenvalue weighted by Gasteiger charge is 2.53. The predicted octanol–water partition coefficient (Wildman–Crippen LogP) is -0.559. The Balaban J connectivity index is 0.00000117. The second kappa shape index (κ2) is 16.2. The lowest BCUT2D eigenvalue weighted by Gasteiger charge is -2.47. The molecule has 0 aliphatic carbocycles. The number of carboxylic acids is 2. The van der Waals surface area contributed by atoms with Gasteiger partial charge in [-0.15, -0.1) is 0 Å². The average Bonchev–Trinajstić information content (AvgIpc) is 2.92. The third kappa shape index (κ3) is 10.6. The van der Waals surface area contributed by atoms with Gasteiger partial charge in [-0.2, -0.15) is 18.2 Å². The number of hydrogen-bond donors (Lipinski definition) is 7. The number of amidine groups is 1. The van der Waals surface area contributed by atoms with E-state index in [0.717, 1.165) is 4.90 Å². The lowest BCUT2D eigenvalue weighted by molar-refractivity contribution is -0.192. The van der Waals surface area contributed by atoms with Crippen molar-refractivity contribution in [3.63, 3.8) is 0 Å². The molecule has 1 atom stereocenters. The highest BCUT2D eigenvalue weighted by Crippen LogP contribution is 2.28. The number of hydrazine groups is 1. The minimum atomic E-state index is -5.08. The Kier molecular flexibility index (Phi) is 13.7. The monoisotopic (exact) mass is 617 g/mol. The second-order valence-corrected chi connectivity index (χ2v) is 9.27. The van der Waals surface area contributed by atoms with E-state index in [9.17, 15) is 42.3 Å². The van der Waals surface area contributed by atoms with E-state index >= 15 is 0 Å². The van der Waals surface area contributed by atoms with Crippen LogP contribution in [-0.2, 0) is 24.0 Å². The van der Waals surface area contributed by atoms with E-state index in [1.54, 1.807) is 0 Å². The third-order valence-electron chi connectivity index (χ3n) is 6.19. The number of halogens is 3. The van der Waals surface area contributed by atoms with Crippen LogP contribution in [0.4, 0.5) is 13.2 Å². The Morgan fingerprint density at radius 3 is 2.07 bits per heavy atom. The minimum Gasteiger partial charge on any atom is -0.480 e. The molecular formula is C25H34F3N7O8. The predicted molar refractivity (Wildman–Crippen MR) is 143 cm³/mol. The van der Waals surface area contributed by atoms with Crippen LogP contribution in [-0.4, -0.2) is 106 Å². The number of alkyl halides is 3. The molecule has 238 valence electrons. The van der Waals surface area contributed by atoms with Gasteiger partial charge in [0.15, 0.2) is 11.3 Å². The Morgan fingerprint density at radius 2 is 1.60 bits per heavy atom. The van der Waals surface area contributed by atoms with Crippen LogP contribution in [0.2, 0.25) is 0 Å². The fourth-order valence-electron chi connectivity index (χ4n) is 4.03. The van der Waals surface area contributed by atoms with Crippen molar-refractivity contribution in [2.45, 2.75) is 44.3 Å². The molecule has 0 saturated carbocycles. The summed E-state index contributed by atoms with van der Waals surface area (Å²) in [6, 6.07) is 5.92. The molecule has 43 heavy (non-hydrogen) atoms. The smallest absolute Gasteiger partial charge is 0.480 e. The first-order valence-corrected chi connectivity index (χ1v) is 12.8. The number of aliphatic carboxylic acids is 2. The number of carbonyl (C=O) groups excluding carboxylic acids is 4. The van der Waals surface area contributed by atoms with Crippen LogP contribution < -0.4 is 22.2 Å². The zero-order chi connectivity index (χ0) is 33.0. The van der Waals surface area contributed by atoms with Crippen LogP contribution in [0.25, 0.3) is 0 Å². The molecule has 1 aliphatic heterocycles. The largest absolute Gasteiger partial charge is 0.490 e. The number of hydrogen-bond acceptors (Lipinski definition) is 9. The molecule has 0 spiro atoms. The molecule has 1 aromatic carbocycles. The lowest BCUT2D eigenvalue weighted by Crippen LogP contribution is -2.73. The highest BCUT2D eigenvalue weighted by atomic mass is 19.4. The number of carboxylic acid groups (broad SMARTS) is 2. The molecule has 1 aliphatic rings. The van der Waals surface area contributed by atoms with Gasteiger partial charge >= 0.3 is 18.1 Å². The van der Waals surface area contributed by atoms with Gasteiger partial charge in [-0.3, -0.25) is 34.8 Å². The molecule has 15 nitrogen and oxygen atoms in total. The first-order chi connectivity index (χ1) is 20.0. The fraction of sp³-hybridized carbons (Fsp3) is 0.480. The molecule has 1 aromatic rings. The molecule has 1 heterocycles. The van der Waals surface area contributed by atoms with Crippen molar-refractivity contribution in [2.75, 3.05) is 32.7 Å². The molecule has 2 rings (SSSR count). The fourth-order valence-corrected chi connectivity index (χ4v) is 4.03. The van der Waals surface area contributed by atoms with Gasteiger partial charge in [0.25, 0.3) is 11.8 Å². The van der Waals surface area contributed by atoms with Crippen LogP contribution in [0.5, 0.6) is 0 Å². The van der Waals surface area contributed by atoms with E-state index in [1.807, 2.05) is 0 Å². The standard InChI is InChI=1S/C23H33N7O6.C2HF3O2/c1-15(31)23(9-3-11-27-18(32)4-2-10-24)22(36)29(14-19(33)34)12-13-30(23)28-21(35)17-7-5-16(6-8-17)20(25)26;3-2(4,5)1(6)7/h5-8H,2-4,9-14,24H2,1H3,(H3,25,26)(H,27,32)(H,28,35)(H,33,34);(H,6,7)/t23-;/m0./s1. The number of nitrogens with two attached hydrogens (primary N) is 2.